The fourth-order valence-corrected chi connectivity index (χ4v) is 2.95. The van der Waals surface area contributed by atoms with Crippen molar-refractivity contribution in [1.82, 2.24) is 15.6 Å². The first-order chi connectivity index (χ1) is 13.0. The molecule has 0 saturated heterocycles. The van der Waals surface area contributed by atoms with Gasteiger partial charge in [-0.05, 0) is 48.3 Å². The minimum absolute atomic E-state index is 0.180. The zero-order valence-corrected chi connectivity index (χ0v) is 16.8. The minimum Gasteiger partial charge on any atom is -0.497 e. The van der Waals surface area contributed by atoms with Crippen molar-refractivity contribution in [3.05, 3.63) is 58.9 Å². The number of pyridine rings is 1. The molecule has 0 aliphatic rings. The van der Waals surface area contributed by atoms with Gasteiger partial charge >= 0.3 is 0 Å². The minimum atomic E-state index is -0.649. The molecule has 6 nitrogen and oxygen atoms in total. The first-order valence-corrected chi connectivity index (χ1v) is 10.1. The predicted octanol–water partition coefficient (Wildman–Crippen LogP) is 2.91. The lowest BCUT2D eigenvalue weighted by Crippen LogP contribution is -2.47. The number of halogens is 1. The maximum absolute atomic E-state index is 12.6. The standard InChI is InChI=1S/C19H22ClN3O3S/c1-26-15-5-3-13(4-6-15)12-22-18(24)16(8-10-27-2)23-19(25)17-11-14(20)7-9-21-17/h3-7,9,11,16H,8,10,12H2,1-2H3,(H,22,24)(H,23,25). The van der Waals surface area contributed by atoms with Crippen molar-refractivity contribution < 1.29 is 14.3 Å². The molecule has 2 aromatic rings. The van der Waals surface area contributed by atoms with Crippen LogP contribution in [0.3, 0.4) is 0 Å². The highest BCUT2D eigenvalue weighted by Gasteiger charge is 2.21. The largest absolute Gasteiger partial charge is 0.497 e. The van der Waals surface area contributed by atoms with Crippen LogP contribution in [0, 0.1) is 0 Å². The van der Waals surface area contributed by atoms with E-state index in [1.807, 2.05) is 30.5 Å². The van der Waals surface area contributed by atoms with Gasteiger partial charge in [-0.3, -0.25) is 14.6 Å². The molecule has 1 unspecified atom stereocenters. The molecule has 2 N–H and O–H groups in total. The van der Waals surface area contributed by atoms with E-state index in [-0.39, 0.29) is 11.6 Å². The Kier molecular flexibility index (Phi) is 8.42. The Hall–Kier alpha value is -2.25. The van der Waals surface area contributed by atoms with Gasteiger partial charge in [-0.15, -0.1) is 0 Å². The quantitative estimate of drug-likeness (QED) is 0.668. The van der Waals surface area contributed by atoms with E-state index in [4.69, 9.17) is 16.3 Å². The lowest BCUT2D eigenvalue weighted by molar-refractivity contribution is -0.123. The van der Waals surface area contributed by atoms with Gasteiger partial charge in [-0.2, -0.15) is 11.8 Å². The SMILES string of the molecule is COc1ccc(CNC(=O)C(CCSC)NC(=O)c2cc(Cl)ccn2)cc1. The molecule has 2 amide bonds. The van der Waals surface area contributed by atoms with E-state index in [9.17, 15) is 9.59 Å². The Morgan fingerprint density at radius 1 is 1.26 bits per heavy atom. The number of ether oxygens (including phenoxy) is 1. The summed E-state index contributed by atoms with van der Waals surface area (Å²) in [4.78, 5) is 29.0. The number of hydrogen-bond donors (Lipinski definition) is 2. The van der Waals surface area contributed by atoms with E-state index in [0.29, 0.717) is 18.0 Å². The van der Waals surface area contributed by atoms with Gasteiger partial charge in [-0.1, -0.05) is 23.7 Å². The number of nitrogens with zero attached hydrogens (tertiary/aromatic N) is 1. The van der Waals surface area contributed by atoms with Gasteiger partial charge in [0.15, 0.2) is 0 Å². The van der Waals surface area contributed by atoms with Crippen molar-refractivity contribution in [2.75, 3.05) is 19.1 Å². The van der Waals surface area contributed by atoms with Crippen molar-refractivity contribution in [3.63, 3.8) is 0 Å². The molecule has 0 aliphatic heterocycles. The number of methoxy groups -OCH3 is 1. The van der Waals surface area contributed by atoms with Crippen molar-refractivity contribution in [3.8, 4) is 5.75 Å². The zero-order chi connectivity index (χ0) is 19.6. The van der Waals surface area contributed by atoms with Crippen LogP contribution in [0.5, 0.6) is 5.75 Å². The van der Waals surface area contributed by atoms with Gasteiger partial charge < -0.3 is 15.4 Å². The summed E-state index contributed by atoms with van der Waals surface area (Å²) in [6.45, 7) is 0.365. The second kappa shape index (κ2) is 10.8. The van der Waals surface area contributed by atoms with Crippen molar-refractivity contribution in [2.24, 2.45) is 0 Å². The Morgan fingerprint density at radius 2 is 2.00 bits per heavy atom. The first-order valence-electron chi connectivity index (χ1n) is 8.35. The molecular formula is C19H22ClN3O3S. The molecule has 0 radical (unpaired) electrons. The molecule has 2 rings (SSSR count). The van der Waals surface area contributed by atoms with Gasteiger partial charge in [0.2, 0.25) is 5.91 Å². The number of amides is 2. The Morgan fingerprint density at radius 3 is 2.63 bits per heavy atom. The molecule has 0 spiro atoms. The smallest absolute Gasteiger partial charge is 0.270 e. The molecule has 0 fully saturated rings. The molecule has 1 atom stereocenters. The number of carbonyl (C=O) groups excluding carboxylic acids is 2. The molecule has 1 aromatic carbocycles. The number of rotatable bonds is 9. The van der Waals surface area contributed by atoms with Crippen LogP contribution in [-0.4, -0.2) is 42.0 Å². The third-order valence-electron chi connectivity index (χ3n) is 3.81. The topological polar surface area (TPSA) is 80.3 Å². The summed E-state index contributed by atoms with van der Waals surface area (Å²) in [5.41, 5.74) is 1.12. The molecule has 0 aliphatic carbocycles. The van der Waals surface area contributed by atoms with Gasteiger partial charge in [0.05, 0.1) is 7.11 Å². The molecule has 0 saturated carbocycles. The molecule has 0 bridgehead atoms. The van der Waals surface area contributed by atoms with E-state index in [1.165, 1.54) is 12.3 Å². The van der Waals surface area contributed by atoms with Gasteiger partial charge in [0.1, 0.15) is 17.5 Å². The van der Waals surface area contributed by atoms with Crippen LogP contribution in [0.25, 0.3) is 0 Å². The van der Waals surface area contributed by atoms with Gasteiger partial charge in [0.25, 0.3) is 5.91 Å². The highest BCUT2D eigenvalue weighted by molar-refractivity contribution is 7.98. The third kappa shape index (κ3) is 6.77. The first kappa shape index (κ1) is 21.1. The normalized spacial score (nSPS) is 11.5. The van der Waals surface area contributed by atoms with Crippen molar-refractivity contribution in [1.29, 1.82) is 0 Å². The number of thioether (sulfide) groups is 1. The number of benzene rings is 1. The number of carbonyl (C=O) groups is 2. The summed E-state index contributed by atoms with van der Waals surface area (Å²) in [6.07, 6.45) is 3.92. The average molecular weight is 408 g/mol. The van der Waals surface area contributed by atoms with Crippen LogP contribution in [0.2, 0.25) is 5.02 Å². The van der Waals surface area contributed by atoms with E-state index < -0.39 is 11.9 Å². The molecule has 144 valence electrons. The summed E-state index contributed by atoms with van der Waals surface area (Å²) < 4.78 is 5.12. The van der Waals surface area contributed by atoms with Gasteiger partial charge in [-0.25, -0.2) is 0 Å². The lowest BCUT2D eigenvalue weighted by Gasteiger charge is -2.18. The highest BCUT2D eigenvalue weighted by Crippen LogP contribution is 2.12. The molecule has 27 heavy (non-hydrogen) atoms. The van der Waals surface area contributed by atoms with Crippen LogP contribution in [0.4, 0.5) is 0 Å². The molecular weight excluding hydrogens is 386 g/mol. The van der Waals surface area contributed by atoms with Crippen molar-refractivity contribution in [2.45, 2.75) is 19.0 Å². The van der Waals surface area contributed by atoms with E-state index in [1.54, 1.807) is 24.9 Å². The van der Waals surface area contributed by atoms with Crippen LogP contribution in [0.15, 0.2) is 42.6 Å². The Bertz CT molecular complexity index is 771. The van der Waals surface area contributed by atoms with E-state index >= 15 is 0 Å². The van der Waals surface area contributed by atoms with Crippen LogP contribution in [-0.2, 0) is 11.3 Å². The van der Waals surface area contributed by atoms with E-state index in [0.717, 1.165) is 17.1 Å². The summed E-state index contributed by atoms with van der Waals surface area (Å²) in [5.74, 6) is 0.826. The third-order valence-corrected chi connectivity index (χ3v) is 4.69. The number of nitrogens with one attached hydrogen (secondary N) is 2. The number of aromatic nitrogens is 1. The maximum Gasteiger partial charge on any atom is 0.270 e. The van der Waals surface area contributed by atoms with Crippen LogP contribution < -0.4 is 15.4 Å². The zero-order valence-electron chi connectivity index (χ0n) is 15.2. The van der Waals surface area contributed by atoms with Crippen molar-refractivity contribution >= 4 is 35.2 Å². The highest BCUT2D eigenvalue weighted by atomic mass is 35.5. The van der Waals surface area contributed by atoms with Gasteiger partial charge in [0, 0.05) is 17.8 Å². The fourth-order valence-electron chi connectivity index (χ4n) is 2.32. The second-order valence-electron chi connectivity index (χ2n) is 5.73. The lowest BCUT2D eigenvalue weighted by atomic mass is 10.1. The second-order valence-corrected chi connectivity index (χ2v) is 7.15. The fraction of sp³-hybridized carbons (Fsp3) is 0.316. The average Bonchev–Trinajstić information content (AvgIpc) is 2.69. The Labute approximate surface area is 168 Å². The molecule has 1 heterocycles. The summed E-state index contributed by atoms with van der Waals surface area (Å²) in [5, 5.41) is 6.02. The van der Waals surface area contributed by atoms with Crippen LogP contribution in [0.1, 0.15) is 22.5 Å². The summed E-state index contributed by atoms with van der Waals surface area (Å²) >= 11 is 7.51. The molecule has 8 heteroatoms. The summed E-state index contributed by atoms with van der Waals surface area (Å²) in [7, 11) is 1.60. The molecule has 1 aromatic heterocycles. The van der Waals surface area contributed by atoms with Crippen LogP contribution >= 0.6 is 23.4 Å². The Balaban J connectivity index is 1.98. The maximum atomic E-state index is 12.6. The van der Waals surface area contributed by atoms with E-state index in [2.05, 4.69) is 15.6 Å². The summed E-state index contributed by atoms with van der Waals surface area (Å²) in [6, 6.07) is 9.83. The predicted molar refractivity (Wildman–Crippen MR) is 108 cm³/mol. The number of hydrogen-bond acceptors (Lipinski definition) is 5. The monoisotopic (exact) mass is 407 g/mol.